The molecule has 7 heteroatoms. The minimum absolute atomic E-state index is 0.416. The number of amides is 2. The number of nitrogens with one attached hydrogen (secondary N) is 2. The predicted octanol–water partition coefficient (Wildman–Crippen LogP) is 3.37. The Bertz CT molecular complexity index is 614. The van der Waals surface area contributed by atoms with Crippen LogP contribution in [0.2, 0.25) is 0 Å². The van der Waals surface area contributed by atoms with Crippen LogP contribution in [0.15, 0.2) is 36.4 Å². The highest BCUT2D eigenvalue weighted by molar-refractivity contribution is 6.00. The van der Waals surface area contributed by atoms with Gasteiger partial charge in [0.15, 0.2) is 0 Å². The van der Waals surface area contributed by atoms with Crippen molar-refractivity contribution < 1.29 is 23.7 Å². The van der Waals surface area contributed by atoms with Crippen LogP contribution in [0.1, 0.15) is 0 Å². The minimum Gasteiger partial charge on any atom is -0.497 e. The Labute approximate surface area is 140 Å². The molecule has 0 aliphatic carbocycles. The van der Waals surface area contributed by atoms with Gasteiger partial charge in [0, 0.05) is 47.8 Å². The smallest absolute Gasteiger partial charge is 0.323 e. The van der Waals surface area contributed by atoms with Gasteiger partial charge in [-0.25, -0.2) is 4.79 Å². The fourth-order valence-corrected chi connectivity index (χ4v) is 2.05. The molecule has 0 spiro atoms. The number of urea groups is 1. The summed E-state index contributed by atoms with van der Waals surface area (Å²) in [6, 6.07) is 9.78. The van der Waals surface area contributed by atoms with Crippen LogP contribution in [0.3, 0.4) is 0 Å². The molecule has 0 heterocycles. The topological polar surface area (TPSA) is 78.1 Å². The van der Waals surface area contributed by atoms with Crippen molar-refractivity contribution in [1.29, 1.82) is 0 Å². The van der Waals surface area contributed by atoms with E-state index < -0.39 is 6.03 Å². The van der Waals surface area contributed by atoms with Crippen molar-refractivity contribution in [2.75, 3.05) is 39.1 Å². The first-order valence-electron chi connectivity index (χ1n) is 7.12. The highest BCUT2D eigenvalue weighted by Gasteiger charge is 2.08. The van der Waals surface area contributed by atoms with Crippen LogP contribution in [0.25, 0.3) is 0 Å². The van der Waals surface area contributed by atoms with Crippen molar-refractivity contribution in [1.82, 2.24) is 0 Å². The first kappa shape index (κ1) is 17.3. The maximum atomic E-state index is 12.2. The van der Waals surface area contributed by atoms with E-state index in [9.17, 15) is 4.79 Å². The van der Waals surface area contributed by atoms with Gasteiger partial charge in [-0.05, 0) is 0 Å². The number of rotatable bonds is 6. The van der Waals surface area contributed by atoms with E-state index in [-0.39, 0.29) is 0 Å². The lowest BCUT2D eigenvalue weighted by Crippen LogP contribution is -2.19. The number of benzene rings is 2. The fraction of sp³-hybridized carbons (Fsp3) is 0.235. The molecule has 0 atom stereocenters. The molecule has 0 saturated carbocycles. The highest BCUT2D eigenvalue weighted by atomic mass is 16.5. The van der Waals surface area contributed by atoms with Crippen LogP contribution in [0.5, 0.6) is 23.0 Å². The zero-order valence-corrected chi connectivity index (χ0v) is 14.0. The zero-order chi connectivity index (χ0) is 17.5. The number of carbonyl (C=O) groups is 1. The third-order valence-electron chi connectivity index (χ3n) is 3.22. The molecule has 2 amide bonds. The van der Waals surface area contributed by atoms with Crippen LogP contribution in [-0.4, -0.2) is 34.5 Å². The molecule has 7 nitrogen and oxygen atoms in total. The summed E-state index contributed by atoms with van der Waals surface area (Å²) in [5.74, 6) is 2.31. The summed E-state index contributed by atoms with van der Waals surface area (Å²) in [5, 5.41) is 5.45. The molecule has 2 aromatic carbocycles. The molecule has 2 rings (SSSR count). The van der Waals surface area contributed by atoms with Gasteiger partial charge in [0.1, 0.15) is 23.0 Å². The second-order valence-corrected chi connectivity index (χ2v) is 4.78. The third kappa shape index (κ3) is 4.45. The maximum absolute atomic E-state index is 12.2. The van der Waals surface area contributed by atoms with Crippen molar-refractivity contribution in [3.05, 3.63) is 36.4 Å². The fourth-order valence-electron chi connectivity index (χ4n) is 2.05. The van der Waals surface area contributed by atoms with Gasteiger partial charge in [-0.2, -0.15) is 0 Å². The summed E-state index contributed by atoms with van der Waals surface area (Å²) in [6.07, 6.45) is 0. The first-order valence-corrected chi connectivity index (χ1v) is 7.12. The first-order chi connectivity index (χ1) is 11.6. The molecule has 0 fully saturated rings. The van der Waals surface area contributed by atoms with E-state index in [2.05, 4.69) is 10.6 Å². The highest BCUT2D eigenvalue weighted by Crippen LogP contribution is 2.27. The Hall–Kier alpha value is -3.09. The van der Waals surface area contributed by atoms with Gasteiger partial charge < -0.3 is 29.6 Å². The van der Waals surface area contributed by atoms with Crippen LogP contribution < -0.4 is 29.6 Å². The van der Waals surface area contributed by atoms with E-state index in [0.29, 0.717) is 34.4 Å². The Kier molecular flexibility index (Phi) is 5.73. The third-order valence-corrected chi connectivity index (χ3v) is 3.22. The summed E-state index contributed by atoms with van der Waals surface area (Å²) in [7, 11) is 6.17. The van der Waals surface area contributed by atoms with Gasteiger partial charge in [-0.3, -0.25) is 0 Å². The van der Waals surface area contributed by atoms with Gasteiger partial charge in [0.25, 0.3) is 0 Å². The van der Waals surface area contributed by atoms with E-state index in [1.54, 1.807) is 64.8 Å². The standard InChI is InChI=1S/C17H20N2O5/c1-21-13-5-11(6-14(9-13)22-2)18-17(20)19-12-7-15(23-3)10-16(8-12)24-4/h5-10H,1-4H3,(H2,18,19,20). The van der Waals surface area contributed by atoms with E-state index in [4.69, 9.17) is 18.9 Å². The quantitative estimate of drug-likeness (QED) is 0.848. The lowest BCUT2D eigenvalue weighted by Gasteiger charge is -2.12. The van der Waals surface area contributed by atoms with Gasteiger partial charge >= 0.3 is 6.03 Å². The number of carbonyl (C=O) groups excluding carboxylic acids is 1. The second-order valence-electron chi connectivity index (χ2n) is 4.78. The Morgan fingerprint density at radius 1 is 0.625 bits per heavy atom. The van der Waals surface area contributed by atoms with Crippen molar-refractivity contribution >= 4 is 17.4 Å². The molecule has 0 unspecified atom stereocenters. The molecular weight excluding hydrogens is 312 g/mol. The molecule has 128 valence electrons. The molecule has 0 saturated heterocycles. The number of methoxy groups -OCH3 is 4. The molecule has 2 aromatic rings. The molecule has 0 aromatic heterocycles. The van der Waals surface area contributed by atoms with Crippen LogP contribution >= 0.6 is 0 Å². The molecule has 0 aliphatic heterocycles. The van der Waals surface area contributed by atoms with Gasteiger partial charge in [0.2, 0.25) is 0 Å². The average Bonchev–Trinajstić information content (AvgIpc) is 2.60. The van der Waals surface area contributed by atoms with Crippen molar-refractivity contribution in [2.45, 2.75) is 0 Å². The van der Waals surface area contributed by atoms with Crippen molar-refractivity contribution in [3.63, 3.8) is 0 Å². The Balaban J connectivity index is 2.13. The SMILES string of the molecule is COc1cc(NC(=O)Nc2cc(OC)cc(OC)c2)cc(OC)c1. The lowest BCUT2D eigenvalue weighted by atomic mass is 10.2. The maximum Gasteiger partial charge on any atom is 0.323 e. The number of hydrogen-bond acceptors (Lipinski definition) is 5. The van der Waals surface area contributed by atoms with Gasteiger partial charge in [-0.15, -0.1) is 0 Å². The van der Waals surface area contributed by atoms with E-state index in [1.165, 1.54) is 0 Å². The normalized spacial score (nSPS) is 9.83. The monoisotopic (exact) mass is 332 g/mol. The van der Waals surface area contributed by atoms with Gasteiger partial charge in [-0.1, -0.05) is 0 Å². The van der Waals surface area contributed by atoms with Gasteiger partial charge in [0.05, 0.1) is 28.4 Å². The summed E-state index contributed by atoms with van der Waals surface area (Å²) < 4.78 is 20.7. The van der Waals surface area contributed by atoms with E-state index >= 15 is 0 Å². The molecular formula is C17H20N2O5. The molecule has 2 N–H and O–H groups in total. The molecule has 0 bridgehead atoms. The number of ether oxygens (including phenoxy) is 4. The summed E-state index contributed by atoms with van der Waals surface area (Å²) in [6.45, 7) is 0. The van der Waals surface area contributed by atoms with E-state index in [0.717, 1.165) is 0 Å². The van der Waals surface area contributed by atoms with Crippen molar-refractivity contribution in [2.24, 2.45) is 0 Å². The average molecular weight is 332 g/mol. The largest absolute Gasteiger partial charge is 0.497 e. The van der Waals surface area contributed by atoms with Crippen LogP contribution in [0, 0.1) is 0 Å². The van der Waals surface area contributed by atoms with Crippen molar-refractivity contribution in [3.8, 4) is 23.0 Å². The lowest BCUT2D eigenvalue weighted by molar-refractivity contribution is 0.262. The summed E-state index contributed by atoms with van der Waals surface area (Å²) >= 11 is 0. The van der Waals surface area contributed by atoms with E-state index in [1.807, 2.05) is 0 Å². The summed E-state index contributed by atoms with van der Waals surface area (Å²) in [5.41, 5.74) is 1.08. The number of hydrogen-bond donors (Lipinski definition) is 2. The molecule has 24 heavy (non-hydrogen) atoms. The predicted molar refractivity (Wildman–Crippen MR) is 91.7 cm³/mol. The second kappa shape index (κ2) is 7.96. The molecule has 0 radical (unpaired) electrons. The van der Waals surface area contributed by atoms with Crippen LogP contribution in [-0.2, 0) is 0 Å². The zero-order valence-electron chi connectivity index (χ0n) is 14.0. The molecule has 0 aliphatic rings. The number of anilines is 2. The minimum atomic E-state index is -0.416. The Morgan fingerprint density at radius 2 is 0.917 bits per heavy atom. The summed E-state index contributed by atoms with van der Waals surface area (Å²) in [4.78, 5) is 12.2. The Morgan fingerprint density at radius 3 is 1.17 bits per heavy atom. The van der Waals surface area contributed by atoms with Crippen LogP contribution in [0.4, 0.5) is 16.2 Å².